The maximum atomic E-state index is 12.2. The summed E-state index contributed by atoms with van der Waals surface area (Å²) in [7, 11) is 1.81. The number of hydrogen-bond donors (Lipinski definition) is 0. The number of benzene rings is 1. The van der Waals surface area contributed by atoms with Crippen LogP contribution in [0.25, 0.3) is 0 Å². The van der Waals surface area contributed by atoms with Gasteiger partial charge in [0.1, 0.15) is 0 Å². The Morgan fingerprint density at radius 2 is 1.86 bits per heavy atom. The molecule has 22 heavy (non-hydrogen) atoms. The molecule has 1 aromatic carbocycles. The number of carbonyl (C=O) groups excluding carboxylic acids is 2. The minimum absolute atomic E-state index is 0.120. The number of esters is 1. The van der Waals surface area contributed by atoms with Crippen molar-refractivity contribution in [2.75, 3.05) is 13.7 Å². The molecule has 1 aliphatic carbocycles. The van der Waals surface area contributed by atoms with E-state index >= 15 is 0 Å². The van der Waals surface area contributed by atoms with Crippen molar-refractivity contribution in [3.8, 4) is 0 Å². The third-order valence-electron chi connectivity index (χ3n) is 4.67. The average molecular weight is 303 g/mol. The zero-order valence-electron chi connectivity index (χ0n) is 13.7. The quantitative estimate of drug-likeness (QED) is 0.802. The Morgan fingerprint density at radius 1 is 1.18 bits per heavy atom. The molecule has 1 aliphatic rings. The molecule has 1 amide bonds. The van der Waals surface area contributed by atoms with Crippen molar-refractivity contribution in [1.29, 1.82) is 0 Å². The molecule has 0 aliphatic heterocycles. The van der Waals surface area contributed by atoms with Gasteiger partial charge in [0.2, 0.25) is 0 Å². The highest BCUT2D eigenvalue weighted by molar-refractivity contribution is 5.93. The molecule has 0 aromatic heterocycles. The predicted molar refractivity (Wildman–Crippen MR) is 85.8 cm³/mol. The van der Waals surface area contributed by atoms with Crippen molar-refractivity contribution in [1.82, 2.24) is 4.90 Å². The summed E-state index contributed by atoms with van der Waals surface area (Å²) in [5.41, 5.74) is 2.48. The highest BCUT2D eigenvalue weighted by Crippen LogP contribution is 2.21. The van der Waals surface area contributed by atoms with E-state index in [9.17, 15) is 9.59 Å². The molecule has 0 heterocycles. The molecule has 0 bridgehead atoms. The van der Waals surface area contributed by atoms with Crippen LogP contribution < -0.4 is 0 Å². The van der Waals surface area contributed by atoms with Crippen LogP contribution in [0, 0.1) is 13.8 Å². The summed E-state index contributed by atoms with van der Waals surface area (Å²) in [6, 6.07) is 5.81. The van der Waals surface area contributed by atoms with Crippen molar-refractivity contribution in [3.63, 3.8) is 0 Å². The van der Waals surface area contributed by atoms with Crippen LogP contribution in [-0.2, 0) is 9.53 Å². The van der Waals surface area contributed by atoms with Gasteiger partial charge in [-0.1, -0.05) is 31.4 Å². The first kappa shape index (κ1) is 16.5. The van der Waals surface area contributed by atoms with Gasteiger partial charge in [-0.2, -0.15) is 0 Å². The average Bonchev–Trinajstić information content (AvgIpc) is 2.55. The van der Waals surface area contributed by atoms with Gasteiger partial charge in [-0.05, 0) is 43.9 Å². The van der Waals surface area contributed by atoms with E-state index in [2.05, 4.69) is 0 Å². The summed E-state index contributed by atoms with van der Waals surface area (Å²) < 4.78 is 5.21. The molecule has 0 radical (unpaired) electrons. The molecule has 120 valence electrons. The number of nitrogens with zero attached hydrogens (tertiary/aromatic N) is 1. The minimum Gasteiger partial charge on any atom is -0.452 e. The first-order valence-corrected chi connectivity index (χ1v) is 7.99. The van der Waals surface area contributed by atoms with E-state index in [0.717, 1.165) is 24.0 Å². The largest absolute Gasteiger partial charge is 0.452 e. The Hall–Kier alpha value is -1.84. The first-order valence-electron chi connectivity index (χ1n) is 7.99. The van der Waals surface area contributed by atoms with Crippen molar-refractivity contribution in [2.45, 2.75) is 52.0 Å². The lowest BCUT2D eigenvalue weighted by molar-refractivity contribution is -0.135. The Balaban J connectivity index is 1.90. The summed E-state index contributed by atoms with van der Waals surface area (Å²) in [6.07, 6.45) is 5.69. The number of aryl methyl sites for hydroxylation is 1. The predicted octanol–water partition coefficient (Wildman–Crippen LogP) is 3.25. The molecule has 0 unspecified atom stereocenters. The van der Waals surface area contributed by atoms with Gasteiger partial charge in [-0.25, -0.2) is 4.79 Å². The van der Waals surface area contributed by atoms with Crippen LogP contribution in [0.3, 0.4) is 0 Å². The molecule has 4 nitrogen and oxygen atoms in total. The summed E-state index contributed by atoms with van der Waals surface area (Å²) in [5.74, 6) is -0.544. The maximum Gasteiger partial charge on any atom is 0.338 e. The zero-order chi connectivity index (χ0) is 16.1. The second-order valence-corrected chi connectivity index (χ2v) is 6.12. The van der Waals surface area contributed by atoms with E-state index in [0.29, 0.717) is 11.6 Å². The van der Waals surface area contributed by atoms with Gasteiger partial charge < -0.3 is 9.64 Å². The van der Waals surface area contributed by atoms with Crippen LogP contribution in [0.15, 0.2) is 18.2 Å². The molecule has 1 fully saturated rings. The van der Waals surface area contributed by atoms with E-state index in [1.165, 1.54) is 19.3 Å². The standard InChI is InChI=1S/C18H25NO3/c1-13-8-7-11-16(14(13)2)18(21)22-12-17(20)19(3)15-9-5-4-6-10-15/h7-8,11,15H,4-6,9-10,12H2,1-3H3. The molecular weight excluding hydrogens is 278 g/mol. The van der Waals surface area contributed by atoms with Gasteiger partial charge >= 0.3 is 5.97 Å². The Bertz CT molecular complexity index is 547. The van der Waals surface area contributed by atoms with Crippen LogP contribution in [0.2, 0.25) is 0 Å². The van der Waals surface area contributed by atoms with E-state index < -0.39 is 5.97 Å². The normalized spacial score (nSPS) is 15.4. The monoisotopic (exact) mass is 303 g/mol. The molecule has 4 heteroatoms. The number of rotatable bonds is 4. The smallest absolute Gasteiger partial charge is 0.338 e. The number of carbonyl (C=O) groups is 2. The van der Waals surface area contributed by atoms with Crippen LogP contribution in [0.1, 0.15) is 53.6 Å². The Labute approximate surface area is 132 Å². The van der Waals surface area contributed by atoms with E-state index in [1.807, 2.05) is 33.0 Å². The number of amides is 1. The van der Waals surface area contributed by atoms with Crippen molar-refractivity contribution in [2.24, 2.45) is 0 Å². The summed E-state index contributed by atoms with van der Waals surface area (Å²) in [4.78, 5) is 26.1. The topological polar surface area (TPSA) is 46.6 Å². The lowest BCUT2D eigenvalue weighted by Gasteiger charge is -2.31. The van der Waals surface area contributed by atoms with Crippen LogP contribution in [-0.4, -0.2) is 36.5 Å². The molecule has 2 rings (SSSR count). The van der Waals surface area contributed by atoms with Crippen LogP contribution in [0.5, 0.6) is 0 Å². The highest BCUT2D eigenvalue weighted by atomic mass is 16.5. The number of hydrogen-bond acceptors (Lipinski definition) is 3. The first-order chi connectivity index (χ1) is 10.5. The van der Waals surface area contributed by atoms with E-state index in [-0.39, 0.29) is 12.5 Å². The van der Waals surface area contributed by atoms with Gasteiger partial charge in [0, 0.05) is 13.1 Å². The fourth-order valence-corrected chi connectivity index (χ4v) is 2.95. The fourth-order valence-electron chi connectivity index (χ4n) is 2.95. The zero-order valence-corrected chi connectivity index (χ0v) is 13.7. The van der Waals surface area contributed by atoms with E-state index in [4.69, 9.17) is 4.74 Å². The van der Waals surface area contributed by atoms with Crippen molar-refractivity contribution >= 4 is 11.9 Å². The lowest BCUT2D eigenvalue weighted by atomic mass is 9.94. The molecular formula is C18H25NO3. The van der Waals surface area contributed by atoms with Gasteiger partial charge in [0.25, 0.3) is 5.91 Å². The second kappa shape index (κ2) is 7.43. The molecule has 0 atom stereocenters. The van der Waals surface area contributed by atoms with Crippen molar-refractivity contribution < 1.29 is 14.3 Å². The fraction of sp³-hybridized carbons (Fsp3) is 0.556. The van der Waals surface area contributed by atoms with Gasteiger partial charge in [-0.15, -0.1) is 0 Å². The SMILES string of the molecule is Cc1cccc(C(=O)OCC(=O)N(C)C2CCCCC2)c1C. The molecule has 0 N–H and O–H groups in total. The number of likely N-dealkylation sites (N-methyl/N-ethyl adjacent to an activating group) is 1. The minimum atomic E-state index is -0.424. The summed E-state index contributed by atoms with van der Waals surface area (Å²) in [6.45, 7) is 3.66. The highest BCUT2D eigenvalue weighted by Gasteiger charge is 2.23. The molecule has 0 saturated heterocycles. The Morgan fingerprint density at radius 3 is 2.55 bits per heavy atom. The van der Waals surface area contributed by atoms with E-state index in [1.54, 1.807) is 11.0 Å². The molecule has 1 aromatic rings. The maximum absolute atomic E-state index is 12.2. The summed E-state index contributed by atoms with van der Waals surface area (Å²) in [5, 5.41) is 0. The third kappa shape index (κ3) is 3.87. The summed E-state index contributed by atoms with van der Waals surface area (Å²) >= 11 is 0. The van der Waals surface area contributed by atoms with Crippen LogP contribution in [0.4, 0.5) is 0 Å². The van der Waals surface area contributed by atoms with Gasteiger partial charge in [0.05, 0.1) is 5.56 Å². The third-order valence-corrected chi connectivity index (χ3v) is 4.67. The second-order valence-electron chi connectivity index (χ2n) is 6.12. The van der Waals surface area contributed by atoms with Gasteiger partial charge in [0.15, 0.2) is 6.61 Å². The van der Waals surface area contributed by atoms with Gasteiger partial charge in [-0.3, -0.25) is 4.79 Å². The molecule has 0 spiro atoms. The Kier molecular flexibility index (Phi) is 5.58. The molecule has 1 saturated carbocycles. The van der Waals surface area contributed by atoms with Crippen LogP contribution >= 0.6 is 0 Å². The lowest BCUT2D eigenvalue weighted by Crippen LogP contribution is -2.40. The van der Waals surface area contributed by atoms with Crippen molar-refractivity contribution in [3.05, 3.63) is 34.9 Å². The number of ether oxygens (including phenoxy) is 1.